The Labute approximate surface area is 188 Å². The summed E-state index contributed by atoms with van der Waals surface area (Å²) >= 11 is 0. The molecule has 2 bridgehead atoms. The normalized spacial score (nSPS) is 25.3. The fraction of sp³-hybridized carbons (Fsp3) is 0.333. The Hall–Kier alpha value is -3.18. The molecular weight excluding hydrogens is 400 g/mol. The molecule has 32 heavy (non-hydrogen) atoms. The second-order valence-electron chi connectivity index (χ2n) is 8.88. The summed E-state index contributed by atoms with van der Waals surface area (Å²) in [6, 6.07) is 17.3. The summed E-state index contributed by atoms with van der Waals surface area (Å²) in [4.78, 5) is 19.2. The number of nitrogens with zero attached hydrogens (tertiary/aromatic N) is 1. The van der Waals surface area contributed by atoms with E-state index in [4.69, 9.17) is 9.47 Å². The number of aromatic nitrogens is 1. The van der Waals surface area contributed by atoms with Crippen LogP contribution in [-0.4, -0.2) is 37.2 Å². The van der Waals surface area contributed by atoms with Gasteiger partial charge in [0, 0.05) is 35.9 Å². The van der Waals surface area contributed by atoms with Crippen molar-refractivity contribution in [3.8, 4) is 5.75 Å². The Kier molecular flexibility index (Phi) is 5.66. The van der Waals surface area contributed by atoms with Gasteiger partial charge in [-0.3, -0.25) is 4.98 Å². The smallest absolute Gasteiger partial charge is 0.338 e. The molecule has 0 amide bonds. The average Bonchev–Trinajstić information content (AvgIpc) is 2.87. The molecule has 3 aliphatic heterocycles. The van der Waals surface area contributed by atoms with E-state index in [1.54, 1.807) is 19.2 Å². The Balaban J connectivity index is 1.57. The summed E-state index contributed by atoms with van der Waals surface area (Å²) in [5.41, 5.74) is 2.45. The lowest BCUT2D eigenvalue weighted by Crippen LogP contribution is -3.20. The molecule has 3 saturated heterocycles. The van der Waals surface area contributed by atoms with Gasteiger partial charge in [-0.15, -0.1) is 6.58 Å². The number of ether oxygens (including phenoxy) is 2. The maximum atomic E-state index is 13.2. The highest BCUT2D eigenvalue weighted by molar-refractivity contribution is 5.90. The molecule has 3 aromatic rings. The number of hydrogen-bond acceptors (Lipinski definition) is 4. The maximum absolute atomic E-state index is 13.2. The Morgan fingerprint density at radius 3 is 2.78 bits per heavy atom. The zero-order valence-corrected chi connectivity index (χ0v) is 18.4. The van der Waals surface area contributed by atoms with Crippen LogP contribution in [0.1, 0.15) is 34.9 Å². The van der Waals surface area contributed by atoms with Crippen molar-refractivity contribution in [3.05, 3.63) is 84.6 Å². The molecule has 164 valence electrons. The van der Waals surface area contributed by atoms with Gasteiger partial charge < -0.3 is 14.4 Å². The number of nitrogens with one attached hydrogen (secondary N) is 1. The van der Waals surface area contributed by atoms with E-state index in [0.717, 1.165) is 41.7 Å². The monoisotopic (exact) mass is 429 g/mol. The molecule has 5 heteroatoms. The molecule has 5 nitrogen and oxygen atoms in total. The number of quaternary nitrogens is 1. The van der Waals surface area contributed by atoms with Gasteiger partial charge >= 0.3 is 5.97 Å². The summed E-state index contributed by atoms with van der Waals surface area (Å²) in [6.07, 6.45) is 5.78. The van der Waals surface area contributed by atoms with Crippen molar-refractivity contribution in [2.45, 2.75) is 25.0 Å². The molecule has 3 aliphatic rings. The van der Waals surface area contributed by atoms with Crippen LogP contribution in [-0.2, 0) is 4.74 Å². The van der Waals surface area contributed by atoms with E-state index in [9.17, 15) is 4.79 Å². The number of carbonyl (C=O) groups excluding carboxylic acids is 1. The van der Waals surface area contributed by atoms with Crippen molar-refractivity contribution in [1.29, 1.82) is 0 Å². The minimum atomic E-state index is -0.358. The van der Waals surface area contributed by atoms with Crippen LogP contribution in [0.3, 0.4) is 0 Å². The Morgan fingerprint density at radius 1 is 1.22 bits per heavy atom. The first-order chi connectivity index (χ1) is 15.7. The molecular formula is C27H29N2O3+. The molecule has 3 fully saturated rings. The van der Waals surface area contributed by atoms with E-state index in [1.807, 2.05) is 48.7 Å². The summed E-state index contributed by atoms with van der Waals surface area (Å²) in [6.45, 7) is 6.21. The van der Waals surface area contributed by atoms with E-state index in [1.165, 1.54) is 11.3 Å². The fourth-order valence-electron chi connectivity index (χ4n) is 5.53. The van der Waals surface area contributed by atoms with Crippen LogP contribution in [0.25, 0.3) is 10.9 Å². The van der Waals surface area contributed by atoms with Crippen molar-refractivity contribution >= 4 is 16.9 Å². The first-order valence-corrected chi connectivity index (χ1v) is 11.3. The van der Waals surface area contributed by atoms with E-state index in [2.05, 4.69) is 17.6 Å². The number of pyridine rings is 1. The summed E-state index contributed by atoms with van der Waals surface area (Å²) in [7, 11) is 1.66. The van der Waals surface area contributed by atoms with Crippen LogP contribution in [0.15, 0.2) is 73.4 Å². The van der Waals surface area contributed by atoms with E-state index < -0.39 is 0 Å². The van der Waals surface area contributed by atoms with E-state index in [-0.39, 0.29) is 18.1 Å². The molecule has 1 N–H and O–H groups in total. The third-order valence-electron chi connectivity index (χ3n) is 7.22. The number of fused-ring (bicyclic) bond motifs is 4. The number of benzene rings is 2. The topological polar surface area (TPSA) is 52.9 Å². The molecule has 1 unspecified atom stereocenters. The predicted molar refractivity (Wildman–Crippen MR) is 124 cm³/mol. The van der Waals surface area contributed by atoms with Gasteiger partial charge in [0.25, 0.3) is 0 Å². The van der Waals surface area contributed by atoms with Gasteiger partial charge in [0.2, 0.25) is 0 Å². The van der Waals surface area contributed by atoms with Crippen LogP contribution in [0.4, 0.5) is 0 Å². The lowest BCUT2D eigenvalue weighted by Gasteiger charge is -2.48. The highest BCUT2D eigenvalue weighted by Gasteiger charge is 2.47. The first-order valence-electron chi connectivity index (χ1n) is 11.3. The highest BCUT2D eigenvalue weighted by atomic mass is 16.5. The van der Waals surface area contributed by atoms with Crippen molar-refractivity contribution in [2.75, 3.05) is 20.2 Å². The number of rotatable bonds is 6. The molecule has 6 rings (SSSR count). The Morgan fingerprint density at radius 2 is 2.06 bits per heavy atom. The van der Waals surface area contributed by atoms with Gasteiger partial charge in [-0.05, 0) is 42.3 Å². The van der Waals surface area contributed by atoms with Crippen LogP contribution in [0.5, 0.6) is 5.75 Å². The quantitative estimate of drug-likeness (QED) is 0.480. The molecule has 0 spiro atoms. The van der Waals surface area contributed by atoms with Crippen LogP contribution >= 0.6 is 0 Å². The van der Waals surface area contributed by atoms with Crippen LogP contribution in [0, 0.1) is 11.8 Å². The molecule has 2 aromatic carbocycles. The molecule has 0 saturated carbocycles. The first kappa shape index (κ1) is 20.7. The molecule has 4 heterocycles. The maximum Gasteiger partial charge on any atom is 0.338 e. The Bertz CT molecular complexity index is 1130. The van der Waals surface area contributed by atoms with Gasteiger partial charge in [0.1, 0.15) is 11.8 Å². The van der Waals surface area contributed by atoms with Gasteiger partial charge in [-0.25, -0.2) is 4.79 Å². The second kappa shape index (κ2) is 8.75. The SMILES string of the molecule is C=C[C@H]1C[NH+]2CC[C@H]1C[C@H]2[C@@H](OC(=O)c1ccccc1)c1ccnc2ccc(OC)cc12. The average molecular weight is 430 g/mol. The summed E-state index contributed by atoms with van der Waals surface area (Å²) < 4.78 is 11.8. The zero-order valence-electron chi connectivity index (χ0n) is 18.4. The molecule has 5 atom stereocenters. The third kappa shape index (κ3) is 3.78. The molecule has 0 aliphatic carbocycles. The van der Waals surface area contributed by atoms with E-state index >= 15 is 0 Å². The van der Waals surface area contributed by atoms with Gasteiger partial charge in [0.15, 0.2) is 6.10 Å². The van der Waals surface area contributed by atoms with Gasteiger partial charge in [-0.2, -0.15) is 0 Å². The van der Waals surface area contributed by atoms with Gasteiger partial charge in [0.05, 0.1) is 31.3 Å². The number of carbonyl (C=O) groups is 1. The molecule has 1 aromatic heterocycles. The number of methoxy groups -OCH3 is 1. The minimum Gasteiger partial charge on any atom is -0.497 e. The highest BCUT2D eigenvalue weighted by Crippen LogP contribution is 2.37. The summed E-state index contributed by atoms with van der Waals surface area (Å²) in [5, 5.41) is 0.972. The largest absolute Gasteiger partial charge is 0.497 e. The second-order valence-corrected chi connectivity index (χ2v) is 8.88. The molecule has 0 radical (unpaired) electrons. The number of hydrogen-bond donors (Lipinski definition) is 1. The minimum absolute atomic E-state index is 0.203. The lowest BCUT2D eigenvalue weighted by molar-refractivity contribution is -0.949. The van der Waals surface area contributed by atoms with Crippen molar-refractivity contribution in [3.63, 3.8) is 0 Å². The lowest BCUT2D eigenvalue weighted by atomic mass is 9.73. The van der Waals surface area contributed by atoms with E-state index in [0.29, 0.717) is 17.4 Å². The van der Waals surface area contributed by atoms with Crippen LogP contribution < -0.4 is 9.64 Å². The standard InChI is InChI=1S/C27H28N2O3/c1-3-18-17-29-14-12-20(18)15-25(29)26(32-27(30)19-7-5-4-6-8-19)22-11-13-28-24-10-9-21(31-2)16-23(22)24/h3-11,13,16,18,20,25-26H,1,12,14-15,17H2,2H3/p+1/t18-,20-,25-,26-/m0/s1. The van der Waals surface area contributed by atoms with Crippen molar-refractivity contribution in [1.82, 2.24) is 4.98 Å². The number of esters is 1. The van der Waals surface area contributed by atoms with Crippen LogP contribution in [0.2, 0.25) is 0 Å². The zero-order chi connectivity index (χ0) is 22.1. The predicted octanol–water partition coefficient (Wildman–Crippen LogP) is 3.62. The fourth-order valence-corrected chi connectivity index (χ4v) is 5.53. The van der Waals surface area contributed by atoms with Crippen molar-refractivity contribution in [2.24, 2.45) is 11.8 Å². The summed E-state index contributed by atoms with van der Waals surface area (Å²) in [5.74, 6) is 1.61. The number of piperidine rings is 3. The third-order valence-corrected chi connectivity index (χ3v) is 7.22. The van der Waals surface area contributed by atoms with Crippen molar-refractivity contribution < 1.29 is 19.2 Å². The van der Waals surface area contributed by atoms with Gasteiger partial charge in [-0.1, -0.05) is 24.3 Å².